The standard InChI is InChI=1S/C13H19N3O3Si/c1-20(2,3)8-7-19-10-15-9-14-13-11(15)5-4-6-12(13)16(17)18/h4-6,9H,7-8,10H2,1-3H3. The SMILES string of the molecule is C[Si](C)(C)CCOCn1cnc2c([N+](=O)[O-])cccc21. The van der Waals surface area contributed by atoms with Gasteiger partial charge in [-0.25, -0.2) is 4.98 Å². The van der Waals surface area contributed by atoms with E-state index in [2.05, 4.69) is 24.6 Å². The first-order chi connectivity index (χ1) is 9.38. The Kier molecular flexibility index (Phi) is 4.19. The summed E-state index contributed by atoms with van der Waals surface area (Å²) in [5, 5.41) is 10.9. The van der Waals surface area contributed by atoms with Gasteiger partial charge in [-0.2, -0.15) is 0 Å². The molecule has 0 fully saturated rings. The molecule has 20 heavy (non-hydrogen) atoms. The zero-order valence-electron chi connectivity index (χ0n) is 12.0. The summed E-state index contributed by atoms with van der Waals surface area (Å²) >= 11 is 0. The molecule has 0 aliphatic heterocycles. The number of nitro benzene ring substituents is 1. The summed E-state index contributed by atoms with van der Waals surface area (Å²) in [6.07, 6.45) is 1.59. The molecule has 108 valence electrons. The molecule has 6 nitrogen and oxygen atoms in total. The fraction of sp³-hybridized carbons (Fsp3) is 0.462. The summed E-state index contributed by atoms with van der Waals surface area (Å²) in [7, 11) is -1.10. The number of fused-ring (bicyclic) bond motifs is 1. The second-order valence-corrected chi connectivity index (χ2v) is 11.6. The maximum atomic E-state index is 10.9. The summed E-state index contributed by atoms with van der Waals surface area (Å²) in [5.74, 6) is 0. The smallest absolute Gasteiger partial charge is 0.297 e. The monoisotopic (exact) mass is 293 g/mol. The molecule has 0 saturated heterocycles. The number of hydrogen-bond acceptors (Lipinski definition) is 4. The van der Waals surface area contributed by atoms with Crippen molar-refractivity contribution in [2.24, 2.45) is 0 Å². The van der Waals surface area contributed by atoms with Gasteiger partial charge in [0.25, 0.3) is 5.69 Å². The van der Waals surface area contributed by atoms with Crippen LogP contribution in [0.25, 0.3) is 11.0 Å². The molecule has 1 heterocycles. The van der Waals surface area contributed by atoms with E-state index in [1.54, 1.807) is 17.0 Å². The molecule has 0 aliphatic carbocycles. The molecule has 2 rings (SSSR count). The summed E-state index contributed by atoms with van der Waals surface area (Å²) < 4.78 is 7.45. The van der Waals surface area contributed by atoms with Gasteiger partial charge in [0.05, 0.1) is 16.8 Å². The number of imidazole rings is 1. The van der Waals surface area contributed by atoms with Crippen LogP contribution in [0.4, 0.5) is 5.69 Å². The van der Waals surface area contributed by atoms with Gasteiger partial charge < -0.3 is 9.30 Å². The largest absolute Gasteiger partial charge is 0.361 e. The lowest BCUT2D eigenvalue weighted by Gasteiger charge is -2.15. The fourth-order valence-corrected chi connectivity index (χ4v) is 2.62. The van der Waals surface area contributed by atoms with Gasteiger partial charge in [-0.1, -0.05) is 25.7 Å². The van der Waals surface area contributed by atoms with Crippen molar-refractivity contribution >= 4 is 24.8 Å². The molecule has 1 aromatic heterocycles. The van der Waals surface area contributed by atoms with Crippen LogP contribution < -0.4 is 0 Å². The zero-order chi connectivity index (χ0) is 14.8. The molecule has 0 unspecified atom stereocenters. The van der Waals surface area contributed by atoms with Crippen LogP contribution in [-0.2, 0) is 11.5 Å². The van der Waals surface area contributed by atoms with Crippen molar-refractivity contribution in [1.82, 2.24) is 9.55 Å². The van der Waals surface area contributed by atoms with Gasteiger partial charge in [0.2, 0.25) is 0 Å². The van der Waals surface area contributed by atoms with Crippen molar-refractivity contribution < 1.29 is 9.66 Å². The number of non-ortho nitro benzene ring substituents is 1. The van der Waals surface area contributed by atoms with E-state index in [9.17, 15) is 10.1 Å². The molecular weight excluding hydrogens is 274 g/mol. The fourth-order valence-electron chi connectivity index (χ4n) is 1.86. The van der Waals surface area contributed by atoms with E-state index in [1.165, 1.54) is 6.07 Å². The third-order valence-electron chi connectivity index (χ3n) is 3.05. The Labute approximate surface area is 118 Å². The van der Waals surface area contributed by atoms with Gasteiger partial charge in [-0.05, 0) is 12.1 Å². The maximum absolute atomic E-state index is 10.9. The van der Waals surface area contributed by atoms with Crippen LogP contribution in [0.5, 0.6) is 0 Å². The highest BCUT2D eigenvalue weighted by Crippen LogP contribution is 2.23. The number of benzene rings is 1. The predicted octanol–water partition coefficient (Wildman–Crippen LogP) is 3.26. The van der Waals surface area contributed by atoms with Crippen molar-refractivity contribution in [3.63, 3.8) is 0 Å². The predicted molar refractivity (Wildman–Crippen MR) is 80.5 cm³/mol. The second kappa shape index (κ2) is 5.72. The molecule has 0 N–H and O–H groups in total. The Morgan fingerprint density at radius 1 is 1.40 bits per heavy atom. The highest BCUT2D eigenvalue weighted by atomic mass is 28.3. The van der Waals surface area contributed by atoms with Crippen LogP contribution in [0.2, 0.25) is 25.7 Å². The lowest BCUT2D eigenvalue weighted by molar-refractivity contribution is -0.383. The number of ether oxygens (including phenoxy) is 1. The van der Waals surface area contributed by atoms with Crippen molar-refractivity contribution in [1.29, 1.82) is 0 Å². The lowest BCUT2D eigenvalue weighted by Crippen LogP contribution is -2.21. The van der Waals surface area contributed by atoms with Crippen molar-refractivity contribution in [2.45, 2.75) is 32.4 Å². The van der Waals surface area contributed by atoms with E-state index >= 15 is 0 Å². The third-order valence-corrected chi connectivity index (χ3v) is 4.76. The van der Waals surface area contributed by atoms with Gasteiger partial charge >= 0.3 is 0 Å². The minimum atomic E-state index is -1.10. The Morgan fingerprint density at radius 3 is 2.80 bits per heavy atom. The summed E-state index contributed by atoms with van der Waals surface area (Å²) in [5.41, 5.74) is 1.17. The van der Waals surface area contributed by atoms with E-state index in [0.29, 0.717) is 18.9 Å². The normalized spacial score (nSPS) is 11.9. The topological polar surface area (TPSA) is 70.2 Å². The molecule has 2 aromatic rings. The third kappa shape index (κ3) is 3.43. The van der Waals surface area contributed by atoms with Crippen LogP contribution >= 0.6 is 0 Å². The highest BCUT2D eigenvalue weighted by molar-refractivity contribution is 6.76. The van der Waals surface area contributed by atoms with Gasteiger partial charge in [0, 0.05) is 20.7 Å². The molecule has 0 bridgehead atoms. The van der Waals surface area contributed by atoms with Crippen LogP contribution in [0.3, 0.4) is 0 Å². The van der Waals surface area contributed by atoms with E-state index in [-0.39, 0.29) is 5.69 Å². The van der Waals surface area contributed by atoms with Crippen LogP contribution in [0.1, 0.15) is 0 Å². The number of aromatic nitrogens is 2. The molecular formula is C13H19N3O3Si. The number of nitrogens with zero attached hydrogens (tertiary/aromatic N) is 3. The molecule has 0 radical (unpaired) electrons. The molecule has 1 aromatic carbocycles. The summed E-state index contributed by atoms with van der Waals surface area (Å²) in [6.45, 7) is 7.98. The summed E-state index contributed by atoms with van der Waals surface area (Å²) in [6, 6.07) is 6.05. The Hall–Kier alpha value is -1.73. The number of para-hydroxylation sites is 1. The quantitative estimate of drug-likeness (QED) is 0.355. The van der Waals surface area contributed by atoms with Gasteiger partial charge in [0.1, 0.15) is 6.73 Å². The first kappa shape index (κ1) is 14.7. The van der Waals surface area contributed by atoms with Crippen LogP contribution in [0.15, 0.2) is 24.5 Å². The van der Waals surface area contributed by atoms with Crippen LogP contribution in [0, 0.1) is 10.1 Å². The molecule has 7 heteroatoms. The van der Waals surface area contributed by atoms with Crippen molar-refractivity contribution in [2.75, 3.05) is 6.61 Å². The minimum absolute atomic E-state index is 0.0309. The molecule has 0 spiro atoms. The van der Waals surface area contributed by atoms with E-state index in [1.807, 2.05) is 6.07 Å². The van der Waals surface area contributed by atoms with Gasteiger partial charge in [-0.15, -0.1) is 0 Å². The molecule has 0 amide bonds. The number of nitro groups is 1. The van der Waals surface area contributed by atoms with Gasteiger partial charge in [-0.3, -0.25) is 10.1 Å². The number of hydrogen-bond donors (Lipinski definition) is 0. The van der Waals surface area contributed by atoms with E-state index in [4.69, 9.17) is 4.74 Å². The van der Waals surface area contributed by atoms with E-state index in [0.717, 1.165) is 11.6 Å². The van der Waals surface area contributed by atoms with Crippen molar-refractivity contribution in [3.05, 3.63) is 34.6 Å². The molecule has 0 saturated carbocycles. The molecule has 0 atom stereocenters. The first-order valence-electron chi connectivity index (χ1n) is 6.54. The average Bonchev–Trinajstić information content (AvgIpc) is 2.76. The van der Waals surface area contributed by atoms with E-state index < -0.39 is 13.0 Å². The summed E-state index contributed by atoms with van der Waals surface area (Å²) in [4.78, 5) is 14.6. The second-order valence-electron chi connectivity index (χ2n) is 5.96. The van der Waals surface area contributed by atoms with Crippen molar-refractivity contribution in [3.8, 4) is 0 Å². The average molecular weight is 293 g/mol. The van der Waals surface area contributed by atoms with Gasteiger partial charge in [0.15, 0.2) is 5.52 Å². The number of rotatable bonds is 6. The zero-order valence-corrected chi connectivity index (χ0v) is 13.0. The highest BCUT2D eigenvalue weighted by Gasteiger charge is 2.16. The minimum Gasteiger partial charge on any atom is -0.361 e. The lowest BCUT2D eigenvalue weighted by atomic mass is 10.3. The Morgan fingerprint density at radius 2 is 2.15 bits per heavy atom. The Balaban J connectivity index is 2.08. The molecule has 0 aliphatic rings. The maximum Gasteiger partial charge on any atom is 0.297 e. The Bertz CT molecular complexity index is 619. The van der Waals surface area contributed by atoms with Crippen LogP contribution in [-0.4, -0.2) is 29.2 Å². The first-order valence-corrected chi connectivity index (χ1v) is 10.3.